The number of hydrogen-bond acceptors (Lipinski definition) is 3. The minimum atomic E-state index is 0.00715. The molecule has 104 valence electrons. The highest BCUT2D eigenvalue weighted by atomic mass is 16.2. The monoisotopic (exact) mass is 261 g/mol. The third kappa shape index (κ3) is 3.46. The van der Waals surface area contributed by atoms with Crippen molar-refractivity contribution >= 4 is 11.6 Å². The van der Waals surface area contributed by atoms with Gasteiger partial charge in [0, 0.05) is 31.0 Å². The fourth-order valence-electron chi connectivity index (χ4n) is 2.29. The van der Waals surface area contributed by atoms with E-state index in [0.717, 1.165) is 11.6 Å². The van der Waals surface area contributed by atoms with Gasteiger partial charge < -0.3 is 10.2 Å². The van der Waals surface area contributed by atoms with Crippen molar-refractivity contribution < 1.29 is 4.79 Å². The predicted octanol–water partition coefficient (Wildman–Crippen LogP) is 2.77. The van der Waals surface area contributed by atoms with Gasteiger partial charge in [-0.05, 0) is 51.7 Å². The maximum Gasteiger partial charge on any atom is 0.272 e. The number of amides is 1. The summed E-state index contributed by atoms with van der Waals surface area (Å²) in [5.41, 5.74) is 1.52. The van der Waals surface area contributed by atoms with Gasteiger partial charge in [-0.25, -0.2) is 0 Å². The van der Waals surface area contributed by atoms with Crippen molar-refractivity contribution in [3.05, 3.63) is 24.0 Å². The van der Waals surface area contributed by atoms with E-state index >= 15 is 0 Å². The highest BCUT2D eigenvalue weighted by molar-refractivity contribution is 5.93. The first-order valence-corrected chi connectivity index (χ1v) is 7.17. The van der Waals surface area contributed by atoms with E-state index in [0.29, 0.717) is 24.8 Å². The van der Waals surface area contributed by atoms with Crippen LogP contribution in [-0.4, -0.2) is 34.9 Å². The number of hydrogen-bond donors (Lipinski definition) is 1. The quantitative estimate of drug-likeness (QED) is 0.856. The van der Waals surface area contributed by atoms with Crippen LogP contribution in [0.4, 0.5) is 5.69 Å². The van der Waals surface area contributed by atoms with Crippen LogP contribution < -0.4 is 5.32 Å². The van der Waals surface area contributed by atoms with E-state index in [1.54, 1.807) is 11.1 Å². The Morgan fingerprint density at radius 1 is 1.47 bits per heavy atom. The van der Waals surface area contributed by atoms with Crippen molar-refractivity contribution in [2.75, 3.05) is 18.4 Å². The Morgan fingerprint density at radius 2 is 2.16 bits per heavy atom. The summed E-state index contributed by atoms with van der Waals surface area (Å²) in [5, 5.41) is 3.46. The molecule has 1 atom stereocenters. The first-order valence-electron chi connectivity index (χ1n) is 7.17. The second-order valence-corrected chi connectivity index (χ2v) is 5.18. The van der Waals surface area contributed by atoms with Crippen LogP contribution in [0.15, 0.2) is 18.3 Å². The third-order valence-corrected chi connectivity index (χ3v) is 3.75. The van der Waals surface area contributed by atoms with Gasteiger partial charge >= 0.3 is 0 Å². The summed E-state index contributed by atoms with van der Waals surface area (Å²) in [5.74, 6) is 0.794. The molecule has 1 N–H and O–H groups in total. The standard InChI is InChI=1S/C15H23N3O/c1-4-18(5-2)15(19)14-10-13(8-9-16-14)17-11(3)12-6-7-12/h8-12H,4-7H2,1-3H3,(H,16,17). The summed E-state index contributed by atoms with van der Waals surface area (Å²) < 4.78 is 0. The van der Waals surface area contributed by atoms with Crippen LogP contribution >= 0.6 is 0 Å². The van der Waals surface area contributed by atoms with Gasteiger partial charge in [-0.15, -0.1) is 0 Å². The molecule has 1 aliphatic carbocycles. The molecule has 0 bridgehead atoms. The maximum atomic E-state index is 12.2. The second-order valence-electron chi connectivity index (χ2n) is 5.18. The molecule has 1 saturated carbocycles. The molecule has 0 aromatic carbocycles. The molecule has 4 nitrogen and oxygen atoms in total. The Hall–Kier alpha value is -1.58. The lowest BCUT2D eigenvalue weighted by Gasteiger charge is -2.19. The molecule has 0 aliphatic heterocycles. The molecule has 0 spiro atoms. The molecule has 1 aliphatic rings. The fourth-order valence-corrected chi connectivity index (χ4v) is 2.29. The minimum Gasteiger partial charge on any atom is -0.382 e. The molecule has 1 amide bonds. The zero-order valence-electron chi connectivity index (χ0n) is 12.0. The zero-order valence-corrected chi connectivity index (χ0v) is 12.0. The van der Waals surface area contributed by atoms with Gasteiger partial charge in [0.2, 0.25) is 0 Å². The number of nitrogens with one attached hydrogen (secondary N) is 1. The lowest BCUT2D eigenvalue weighted by Crippen LogP contribution is -2.31. The molecule has 1 aromatic heterocycles. The molecule has 1 aromatic rings. The van der Waals surface area contributed by atoms with Crippen molar-refractivity contribution in [2.45, 2.75) is 39.7 Å². The van der Waals surface area contributed by atoms with Gasteiger partial charge in [-0.3, -0.25) is 9.78 Å². The topological polar surface area (TPSA) is 45.2 Å². The predicted molar refractivity (Wildman–Crippen MR) is 77.3 cm³/mol. The summed E-state index contributed by atoms with van der Waals surface area (Å²) in [6, 6.07) is 4.26. The van der Waals surface area contributed by atoms with Crippen molar-refractivity contribution in [3.63, 3.8) is 0 Å². The molecular weight excluding hydrogens is 238 g/mol. The van der Waals surface area contributed by atoms with Gasteiger partial charge in [0.1, 0.15) is 5.69 Å². The summed E-state index contributed by atoms with van der Waals surface area (Å²) in [7, 11) is 0. The number of carbonyl (C=O) groups is 1. The van der Waals surface area contributed by atoms with Gasteiger partial charge in [-0.2, -0.15) is 0 Å². The lowest BCUT2D eigenvalue weighted by molar-refractivity contribution is 0.0767. The first kappa shape index (κ1) is 13.8. The van der Waals surface area contributed by atoms with Crippen LogP contribution in [0.2, 0.25) is 0 Å². The van der Waals surface area contributed by atoms with E-state index in [9.17, 15) is 4.79 Å². The molecule has 0 radical (unpaired) electrons. The summed E-state index contributed by atoms with van der Waals surface area (Å²) in [6.07, 6.45) is 4.33. The number of anilines is 1. The fraction of sp³-hybridized carbons (Fsp3) is 0.600. The van der Waals surface area contributed by atoms with Crippen molar-refractivity contribution in [1.29, 1.82) is 0 Å². The average Bonchev–Trinajstić information content (AvgIpc) is 3.24. The lowest BCUT2D eigenvalue weighted by atomic mass is 10.2. The largest absolute Gasteiger partial charge is 0.382 e. The average molecular weight is 261 g/mol. The highest BCUT2D eigenvalue weighted by Crippen LogP contribution is 2.33. The minimum absolute atomic E-state index is 0.00715. The van der Waals surface area contributed by atoms with Crippen LogP contribution in [0.25, 0.3) is 0 Å². The van der Waals surface area contributed by atoms with Crippen molar-refractivity contribution in [2.24, 2.45) is 5.92 Å². The van der Waals surface area contributed by atoms with Gasteiger partial charge in [0.15, 0.2) is 0 Å². The smallest absolute Gasteiger partial charge is 0.272 e. The molecule has 1 fully saturated rings. The Bertz CT molecular complexity index is 439. The van der Waals surface area contributed by atoms with Crippen LogP contribution in [0, 0.1) is 5.92 Å². The van der Waals surface area contributed by atoms with Crippen LogP contribution in [0.1, 0.15) is 44.1 Å². The van der Waals surface area contributed by atoms with E-state index in [-0.39, 0.29) is 5.91 Å². The van der Waals surface area contributed by atoms with Gasteiger partial charge in [-0.1, -0.05) is 0 Å². The Morgan fingerprint density at radius 3 is 2.74 bits per heavy atom. The molecule has 1 unspecified atom stereocenters. The maximum absolute atomic E-state index is 12.2. The summed E-state index contributed by atoms with van der Waals surface area (Å²) in [6.45, 7) is 7.60. The summed E-state index contributed by atoms with van der Waals surface area (Å²) in [4.78, 5) is 18.2. The van der Waals surface area contributed by atoms with Gasteiger partial charge in [0.05, 0.1) is 0 Å². The molecule has 1 heterocycles. The molecule has 4 heteroatoms. The number of carbonyl (C=O) groups excluding carboxylic acids is 1. The second kappa shape index (κ2) is 6.04. The number of pyridine rings is 1. The Labute approximate surface area is 115 Å². The van der Waals surface area contributed by atoms with Gasteiger partial charge in [0.25, 0.3) is 5.91 Å². The van der Waals surface area contributed by atoms with E-state index in [1.807, 2.05) is 26.0 Å². The molecule has 2 rings (SSSR count). The first-order chi connectivity index (χ1) is 9.15. The Kier molecular flexibility index (Phi) is 4.40. The molecule has 0 saturated heterocycles. The number of rotatable bonds is 6. The van der Waals surface area contributed by atoms with E-state index in [2.05, 4.69) is 17.2 Å². The van der Waals surface area contributed by atoms with E-state index < -0.39 is 0 Å². The molecule has 19 heavy (non-hydrogen) atoms. The summed E-state index contributed by atoms with van der Waals surface area (Å²) >= 11 is 0. The van der Waals surface area contributed by atoms with Crippen LogP contribution in [-0.2, 0) is 0 Å². The SMILES string of the molecule is CCN(CC)C(=O)c1cc(NC(C)C2CC2)ccn1. The Balaban J connectivity index is 2.07. The normalized spacial score (nSPS) is 15.9. The molecular formula is C15H23N3O. The third-order valence-electron chi connectivity index (χ3n) is 3.75. The van der Waals surface area contributed by atoms with Crippen molar-refractivity contribution in [3.8, 4) is 0 Å². The van der Waals surface area contributed by atoms with Crippen LogP contribution in [0.3, 0.4) is 0 Å². The van der Waals surface area contributed by atoms with E-state index in [1.165, 1.54) is 12.8 Å². The highest BCUT2D eigenvalue weighted by Gasteiger charge is 2.27. The zero-order chi connectivity index (χ0) is 13.8. The van der Waals surface area contributed by atoms with Crippen LogP contribution in [0.5, 0.6) is 0 Å². The van der Waals surface area contributed by atoms with E-state index in [4.69, 9.17) is 0 Å². The van der Waals surface area contributed by atoms with Crippen molar-refractivity contribution in [1.82, 2.24) is 9.88 Å². The number of aromatic nitrogens is 1. The number of nitrogens with zero attached hydrogens (tertiary/aromatic N) is 2.